The molecule has 76 valence electrons. The molecule has 1 heterocycles. The van der Waals surface area contributed by atoms with E-state index in [4.69, 9.17) is 16.3 Å². The molecule has 0 unspecified atom stereocenters. The summed E-state index contributed by atoms with van der Waals surface area (Å²) in [5.41, 5.74) is 0. The number of aromatic nitrogens is 2. The van der Waals surface area contributed by atoms with Gasteiger partial charge in [-0.15, -0.1) is 0 Å². The SMILES string of the molecule is CC(C)Oc1cc(Cl)nc(C2CC2)n1. The molecular formula is C10H13ClN2O. The fourth-order valence-electron chi connectivity index (χ4n) is 1.24. The highest BCUT2D eigenvalue weighted by atomic mass is 35.5. The number of nitrogens with zero attached hydrogens (tertiary/aromatic N) is 2. The topological polar surface area (TPSA) is 35.0 Å². The van der Waals surface area contributed by atoms with Crippen LogP contribution in [0.15, 0.2) is 6.07 Å². The van der Waals surface area contributed by atoms with Crippen molar-refractivity contribution in [3.63, 3.8) is 0 Å². The molecule has 0 aromatic carbocycles. The summed E-state index contributed by atoms with van der Waals surface area (Å²) in [5, 5.41) is 0.470. The van der Waals surface area contributed by atoms with E-state index in [0.29, 0.717) is 17.0 Å². The molecule has 2 rings (SSSR count). The highest BCUT2D eigenvalue weighted by Crippen LogP contribution is 2.39. The van der Waals surface area contributed by atoms with Gasteiger partial charge in [-0.05, 0) is 26.7 Å². The zero-order valence-corrected chi connectivity index (χ0v) is 9.08. The summed E-state index contributed by atoms with van der Waals surface area (Å²) in [6, 6.07) is 1.66. The maximum absolute atomic E-state index is 5.87. The lowest BCUT2D eigenvalue weighted by Crippen LogP contribution is -2.08. The minimum absolute atomic E-state index is 0.119. The Hall–Kier alpha value is -0.830. The molecule has 0 radical (unpaired) electrons. The van der Waals surface area contributed by atoms with Gasteiger partial charge in [-0.2, -0.15) is 4.98 Å². The van der Waals surface area contributed by atoms with Gasteiger partial charge in [0.15, 0.2) is 0 Å². The zero-order valence-electron chi connectivity index (χ0n) is 8.33. The molecule has 0 spiro atoms. The summed E-state index contributed by atoms with van der Waals surface area (Å²) < 4.78 is 5.48. The van der Waals surface area contributed by atoms with Crippen molar-refractivity contribution in [2.75, 3.05) is 0 Å². The fourth-order valence-corrected chi connectivity index (χ4v) is 1.42. The molecule has 1 fully saturated rings. The molecule has 4 heteroatoms. The van der Waals surface area contributed by atoms with Gasteiger partial charge >= 0.3 is 0 Å². The summed E-state index contributed by atoms with van der Waals surface area (Å²) in [6.45, 7) is 3.93. The van der Waals surface area contributed by atoms with Gasteiger partial charge in [-0.3, -0.25) is 0 Å². The van der Waals surface area contributed by atoms with E-state index in [1.807, 2.05) is 13.8 Å². The molecule has 1 aromatic heterocycles. The largest absolute Gasteiger partial charge is 0.475 e. The number of ether oxygens (including phenoxy) is 1. The van der Waals surface area contributed by atoms with Gasteiger partial charge in [0.25, 0.3) is 0 Å². The molecule has 1 saturated carbocycles. The van der Waals surface area contributed by atoms with E-state index in [1.54, 1.807) is 6.07 Å². The van der Waals surface area contributed by atoms with Crippen LogP contribution in [0.1, 0.15) is 38.4 Å². The first-order valence-electron chi connectivity index (χ1n) is 4.86. The van der Waals surface area contributed by atoms with E-state index in [2.05, 4.69) is 9.97 Å². The van der Waals surface area contributed by atoms with E-state index in [1.165, 1.54) is 12.8 Å². The highest BCUT2D eigenvalue weighted by molar-refractivity contribution is 6.29. The standard InChI is InChI=1S/C10H13ClN2O/c1-6(2)14-9-5-8(11)12-10(13-9)7-3-4-7/h5-7H,3-4H2,1-2H3. The Morgan fingerprint density at radius 1 is 1.43 bits per heavy atom. The molecule has 0 aliphatic heterocycles. The Balaban J connectivity index is 2.22. The summed E-state index contributed by atoms with van der Waals surface area (Å²) in [7, 11) is 0. The maximum Gasteiger partial charge on any atom is 0.218 e. The lowest BCUT2D eigenvalue weighted by atomic mass is 10.4. The molecule has 0 saturated heterocycles. The van der Waals surface area contributed by atoms with E-state index < -0.39 is 0 Å². The normalized spacial score (nSPS) is 16.0. The van der Waals surface area contributed by atoms with Crippen molar-refractivity contribution < 1.29 is 4.74 Å². The molecule has 14 heavy (non-hydrogen) atoms. The van der Waals surface area contributed by atoms with Crippen molar-refractivity contribution in [3.05, 3.63) is 17.0 Å². The van der Waals surface area contributed by atoms with Crippen LogP contribution in [0.3, 0.4) is 0 Å². The number of halogens is 1. The van der Waals surface area contributed by atoms with Crippen LogP contribution in [0, 0.1) is 0 Å². The van der Waals surface area contributed by atoms with Crippen LogP contribution >= 0.6 is 11.6 Å². The van der Waals surface area contributed by atoms with Gasteiger partial charge in [0.2, 0.25) is 5.88 Å². The molecule has 1 aromatic rings. The smallest absolute Gasteiger partial charge is 0.218 e. The first kappa shape index (κ1) is 9.71. The van der Waals surface area contributed by atoms with Crippen molar-refractivity contribution in [2.24, 2.45) is 0 Å². The van der Waals surface area contributed by atoms with Crippen LogP contribution < -0.4 is 4.74 Å². The van der Waals surface area contributed by atoms with Gasteiger partial charge in [-0.1, -0.05) is 11.6 Å². The van der Waals surface area contributed by atoms with Gasteiger partial charge in [0.1, 0.15) is 11.0 Å². The number of hydrogen-bond acceptors (Lipinski definition) is 3. The summed E-state index contributed by atoms with van der Waals surface area (Å²) in [5.74, 6) is 1.92. The second-order valence-corrected chi connectivity index (χ2v) is 4.22. The van der Waals surface area contributed by atoms with Crippen LogP contribution in [0.5, 0.6) is 5.88 Å². The summed E-state index contributed by atoms with van der Waals surface area (Å²) in [6.07, 6.45) is 2.45. The average Bonchev–Trinajstić information content (AvgIpc) is 2.82. The Morgan fingerprint density at radius 2 is 2.14 bits per heavy atom. The third kappa shape index (κ3) is 2.35. The van der Waals surface area contributed by atoms with Crippen molar-refractivity contribution in [1.82, 2.24) is 9.97 Å². The molecule has 0 bridgehead atoms. The Kier molecular flexibility index (Phi) is 2.59. The minimum Gasteiger partial charge on any atom is -0.475 e. The van der Waals surface area contributed by atoms with Crippen molar-refractivity contribution in [2.45, 2.75) is 38.7 Å². The van der Waals surface area contributed by atoms with Gasteiger partial charge in [0, 0.05) is 12.0 Å². The lowest BCUT2D eigenvalue weighted by Gasteiger charge is -2.09. The highest BCUT2D eigenvalue weighted by Gasteiger charge is 2.27. The van der Waals surface area contributed by atoms with E-state index in [0.717, 1.165) is 5.82 Å². The van der Waals surface area contributed by atoms with Crippen LogP contribution in [0.2, 0.25) is 5.15 Å². The van der Waals surface area contributed by atoms with Crippen LogP contribution in [-0.2, 0) is 0 Å². The van der Waals surface area contributed by atoms with Crippen molar-refractivity contribution >= 4 is 11.6 Å². The van der Waals surface area contributed by atoms with Gasteiger partial charge in [-0.25, -0.2) is 4.98 Å². The molecule has 3 nitrogen and oxygen atoms in total. The Labute approximate surface area is 88.5 Å². The van der Waals surface area contributed by atoms with Gasteiger partial charge < -0.3 is 4.74 Å². The van der Waals surface area contributed by atoms with Crippen LogP contribution in [-0.4, -0.2) is 16.1 Å². The van der Waals surface area contributed by atoms with Crippen molar-refractivity contribution in [1.29, 1.82) is 0 Å². The van der Waals surface area contributed by atoms with E-state index in [9.17, 15) is 0 Å². The first-order valence-corrected chi connectivity index (χ1v) is 5.24. The second-order valence-electron chi connectivity index (χ2n) is 3.83. The molecule has 0 amide bonds. The zero-order chi connectivity index (χ0) is 10.1. The monoisotopic (exact) mass is 212 g/mol. The van der Waals surface area contributed by atoms with Gasteiger partial charge in [0.05, 0.1) is 6.10 Å². The molecule has 0 N–H and O–H groups in total. The predicted octanol–water partition coefficient (Wildman–Crippen LogP) is 2.79. The third-order valence-corrected chi connectivity index (χ3v) is 2.18. The quantitative estimate of drug-likeness (QED) is 0.723. The first-order chi connectivity index (χ1) is 6.65. The predicted molar refractivity (Wildman–Crippen MR) is 54.8 cm³/mol. The average molecular weight is 213 g/mol. The van der Waals surface area contributed by atoms with Crippen LogP contribution in [0.25, 0.3) is 0 Å². The molecule has 1 aliphatic rings. The number of rotatable bonds is 3. The summed E-state index contributed by atoms with van der Waals surface area (Å²) in [4.78, 5) is 8.50. The number of hydrogen-bond donors (Lipinski definition) is 0. The lowest BCUT2D eigenvalue weighted by molar-refractivity contribution is 0.231. The molecule has 0 atom stereocenters. The second kappa shape index (κ2) is 3.73. The van der Waals surface area contributed by atoms with Crippen LogP contribution in [0.4, 0.5) is 0 Å². The molecular weight excluding hydrogens is 200 g/mol. The van der Waals surface area contributed by atoms with E-state index >= 15 is 0 Å². The Bertz CT molecular complexity index is 337. The Morgan fingerprint density at radius 3 is 2.71 bits per heavy atom. The molecule has 1 aliphatic carbocycles. The van der Waals surface area contributed by atoms with Crippen molar-refractivity contribution in [3.8, 4) is 5.88 Å². The maximum atomic E-state index is 5.87. The third-order valence-electron chi connectivity index (χ3n) is 1.99. The summed E-state index contributed by atoms with van der Waals surface area (Å²) >= 11 is 5.87. The minimum atomic E-state index is 0.119. The fraction of sp³-hybridized carbons (Fsp3) is 0.600. The van der Waals surface area contributed by atoms with E-state index in [-0.39, 0.29) is 6.10 Å².